The summed E-state index contributed by atoms with van der Waals surface area (Å²) in [7, 11) is 0. The zero-order valence-corrected chi connectivity index (χ0v) is 11.6. The number of aryl methyl sites for hydroxylation is 1. The van der Waals surface area contributed by atoms with E-state index in [4.69, 9.17) is 11.5 Å². The normalized spacial score (nSPS) is 10.3. The number of hydrogen-bond donors (Lipinski definition) is 2. The van der Waals surface area contributed by atoms with Gasteiger partial charge in [-0.2, -0.15) is 0 Å². The number of carbonyl (C=O) groups is 1. The molecule has 0 aliphatic carbocycles. The van der Waals surface area contributed by atoms with Crippen LogP contribution in [0.2, 0.25) is 0 Å². The molecule has 5 nitrogen and oxygen atoms in total. The molecule has 2 aromatic rings. The lowest BCUT2D eigenvalue weighted by Gasteiger charge is -2.23. The van der Waals surface area contributed by atoms with Crippen LogP contribution in [-0.4, -0.2) is 17.4 Å². The number of carbonyl (C=O) groups excluding carboxylic acids is 1. The molecule has 5 heteroatoms. The number of benzene rings is 1. The van der Waals surface area contributed by atoms with Gasteiger partial charge in [0.15, 0.2) is 0 Å². The lowest BCUT2D eigenvalue weighted by Crippen LogP contribution is -2.20. The molecular weight excluding hydrogens is 252 g/mol. The zero-order chi connectivity index (χ0) is 14.7. The molecule has 104 valence electrons. The van der Waals surface area contributed by atoms with Gasteiger partial charge >= 0.3 is 0 Å². The van der Waals surface area contributed by atoms with Crippen molar-refractivity contribution in [3.8, 4) is 0 Å². The highest BCUT2D eigenvalue weighted by molar-refractivity contribution is 5.98. The number of nitrogens with two attached hydrogens (primary N) is 2. The van der Waals surface area contributed by atoms with Crippen molar-refractivity contribution in [3.63, 3.8) is 0 Å². The summed E-state index contributed by atoms with van der Waals surface area (Å²) < 4.78 is 0. The van der Waals surface area contributed by atoms with Gasteiger partial charge in [-0.1, -0.05) is 12.1 Å². The van der Waals surface area contributed by atoms with Crippen LogP contribution in [0.1, 0.15) is 22.8 Å². The average Bonchev–Trinajstić information content (AvgIpc) is 2.41. The fourth-order valence-corrected chi connectivity index (χ4v) is 2.09. The Labute approximate surface area is 118 Å². The van der Waals surface area contributed by atoms with Crippen LogP contribution in [0.15, 0.2) is 36.5 Å². The third kappa shape index (κ3) is 2.71. The highest BCUT2D eigenvalue weighted by Gasteiger charge is 2.13. The number of nitrogen functional groups attached to an aromatic ring is 1. The van der Waals surface area contributed by atoms with Gasteiger partial charge in [0.25, 0.3) is 5.91 Å². The summed E-state index contributed by atoms with van der Waals surface area (Å²) in [5, 5.41) is 0. The first kappa shape index (κ1) is 13.9. The second-order valence-corrected chi connectivity index (χ2v) is 4.58. The van der Waals surface area contributed by atoms with Crippen LogP contribution < -0.4 is 16.4 Å². The summed E-state index contributed by atoms with van der Waals surface area (Å²) in [4.78, 5) is 17.7. The first-order valence-electron chi connectivity index (χ1n) is 6.42. The van der Waals surface area contributed by atoms with Crippen molar-refractivity contribution in [3.05, 3.63) is 47.7 Å². The van der Waals surface area contributed by atoms with Crippen molar-refractivity contribution in [2.45, 2.75) is 13.8 Å². The van der Waals surface area contributed by atoms with Gasteiger partial charge < -0.3 is 16.4 Å². The molecular formula is C15H18N4O. The van der Waals surface area contributed by atoms with Crippen LogP contribution in [0.25, 0.3) is 0 Å². The fraction of sp³-hybridized carbons (Fsp3) is 0.200. The second-order valence-electron chi connectivity index (χ2n) is 4.58. The van der Waals surface area contributed by atoms with E-state index in [-0.39, 0.29) is 0 Å². The van der Waals surface area contributed by atoms with Crippen molar-refractivity contribution in [1.29, 1.82) is 0 Å². The topological polar surface area (TPSA) is 85.2 Å². The van der Waals surface area contributed by atoms with Crippen molar-refractivity contribution in [2.75, 3.05) is 17.2 Å². The van der Waals surface area contributed by atoms with Gasteiger partial charge in [0, 0.05) is 12.2 Å². The van der Waals surface area contributed by atoms with Gasteiger partial charge in [-0.15, -0.1) is 0 Å². The number of pyridine rings is 1. The number of nitrogens with zero attached hydrogens (tertiary/aromatic N) is 2. The number of hydrogen-bond acceptors (Lipinski definition) is 4. The van der Waals surface area contributed by atoms with E-state index in [2.05, 4.69) is 11.1 Å². The van der Waals surface area contributed by atoms with Crippen molar-refractivity contribution in [1.82, 2.24) is 4.98 Å². The molecule has 1 heterocycles. The van der Waals surface area contributed by atoms with E-state index >= 15 is 0 Å². The Bertz CT molecular complexity index is 640. The molecule has 0 radical (unpaired) electrons. The lowest BCUT2D eigenvalue weighted by molar-refractivity contribution is 0.100. The summed E-state index contributed by atoms with van der Waals surface area (Å²) in [6, 6.07) is 9.70. The quantitative estimate of drug-likeness (QED) is 0.892. The van der Waals surface area contributed by atoms with Gasteiger partial charge in [0.1, 0.15) is 5.82 Å². The minimum absolute atomic E-state index is 0.293. The van der Waals surface area contributed by atoms with E-state index < -0.39 is 5.91 Å². The first-order chi connectivity index (χ1) is 9.52. The van der Waals surface area contributed by atoms with Gasteiger partial charge in [0.05, 0.1) is 17.4 Å². The Kier molecular flexibility index (Phi) is 3.89. The molecule has 0 aliphatic heterocycles. The predicted molar refractivity (Wildman–Crippen MR) is 81.0 cm³/mol. The third-order valence-electron chi connectivity index (χ3n) is 3.09. The Hall–Kier alpha value is -2.56. The van der Waals surface area contributed by atoms with Gasteiger partial charge in [-0.3, -0.25) is 4.79 Å². The second kappa shape index (κ2) is 5.61. The van der Waals surface area contributed by atoms with Crippen LogP contribution in [0, 0.1) is 6.92 Å². The van der Waals surface area contributed by atoms with E-state index in [1.165, 1.54) is 6.20 Å². The Morgan fingerprint density at radius 3 is 2.70 bits per heavy atom. The summed E-state index contributed by atoms with van der Waals surface area (Å²) in [6.45, 7) is 4.77. The predicted octanol–water partition coefficient (Wildman–Crippen LogP) is 2.23. The minimum Gasteiger partial charge on any atom is -0.397 e. The summed E-state index contributed by atoms with van der Waals surface area (Å²) >= 11 is 0. The minimum atomic E-state index is -0.550. The van der Waals surface area contributed by atoms with Gasteiger partial charge in [0.2, 0.25) is 0 Å². The van der Waals surface area contributed by atoms with Crippen LogP contribution in [0.4, 0.5) is 17.2 Å². The molecule has 20 heavy (non-hydrogen) atoms. The highest BCUT2D eigenvalue weighted by Crippen LogP contribution is 2.26. The van der Waals surface area contributed by atoms with E-state index in [1.54, 1.807) is 6.07 Å². The molecule has 4 N–H and O–H groups in total. The molecule has 0 atom stereocenters. The lowest BCUT2D eigenvalue weighted by atomic mass is 10.2. The molecule has 0 bridgehead atoms. The molecule has 0 saturated carbocycles. The highest BCUT2D eigenvalue weighted by atomic mass is 16.1. The molecule has 1 aromatic heterocycles. The number of aromatic nitrogens is 1. The number of primary amides is 1. The Morgan fingerprint density at radius 1 is 1.35 bits per heavy atom. The number of anilines is 3. The maximum atomic E-state index is 11.4. The van der Waals surface area contributed by atoms with Gasteiger partial charge in [-0.25, -0.2) is 4.98 Å². The number of amides is 1. The summed E-state index contributed by atoms with van der Waals surface area (Å²) in [5.41, 5.74) is 13.8. The Morgan fingerprint density at radius 2 is 2.10 bits per heavy atom. The maximum Gasteiger partial charge on any atom is 0.250 e. The molecule has 2 rings (SSSR count). The van der Waals surface area contributed by atoms with Crippen molar-refractivity contribution < 1.29 is 4.79 Å². The molecule has 0 fully saturated rings. The van der Waals surface area contributed by atoms with Gasteiger partial charge in [-0.05, 0) is 37.6 Å². The molecule has 0 spiro atoms. The zero-order valence-electron chi connectivity index (χ0n) is 11.6. The van der Waals surface area contributed by atoms with Crippen molar-refractivity contribution in [2.24, 2.45) is 5.73 Å². The standard InChI is InChI=1S/C15H18N4O/c1-3-19(11-6-4-5-10(2)7-11)14-8-12(15(17)20)13(16)9-18-14/h4-9H,3,16H2,1-2H3,(H2,17,20). The van der Waals surface area contributed by atoms with Crippen molar-refractivity contribution >= 4 is 23.1 Å². The fourth-order valence-electron chi connectivity index (χ4n) is 2.09. The van der Waals surface area contributed by atoms with E-state index in [0.29, 0.717) is 17.1 Å². The van der Waals surface area contributed by atoms with Crippen LogP contribution in [0.3, 0.4) is 0 Å². The molecule has 0 aliphatic rings. The molecule has 1 aromatic carbocycles. The SMILES string of the molecule is CCN(c1cccc(C)c1)c1cc(C(N)=O)c(N)cn1. The molecule has 1 amide bonds. The summed E-state index contributed by atoms with van der Waals surface area (Å²) in [5.74, 6) is 0.104. The Balaban J connectivity index is 2.47. The average molecular weight is 270 g/mol. The van der Waals surface area contributed by atoms with Crippen LogP contribution >= 0.6 is 0 Å². The van der Waals surface area contributed by atoms with Crippen LogP contribution in [-0.2, 0) is 0 Å². The first-order valence-corrected chi connectivity index (χ1v) is 6.42. The van der Waals surface area contributed by atoms with Crippen LogP contribution in [0.5, 0.6) is 0 Å². The monoisotopic (exact) mass is 270 g/mol. The van der Waals surface area contributed by atoms with E-state index in [9.17, 15) is 4.79 Å². The molecule has 0 unspecified atom stereocenters. The largest absolute Gasteiger partial charge is 0.397 e. The third-order valence-corrected chi connectivity index (χ3v) is 3.09. The summed E-state index contributed by atoms with van der Waals surface area (Å²) in [6.07, 6.45) is 1.47. The van der Waals surface area contributed by atoms with E-state index in [1.807, 2.05) is 36.9 Å². The van der Waals surface area contributed by atoms with E-state index in [0.717, 1.165) is 17.8 Å². The smallest absolute Gasteiger partial charge is 0.250 e. The maximum absolute atomic E-state index is 11.4. The molecule has 0 saturated heterocycles. The number of rotatable bonds is 4.